The van der Waals surface area contributed by atoms with Gasteiger partial charge < -0.3 is 30.9 Å². The average molecular weight is 644 g/mol. The molecule has 3 amide bonds. The summed E-state index contributed by atoms with van der Waals surface area (Å²) in [5.41, 5.74) is 9.18. The monoisotopic (exact) mass is 643 g/mol. The molecule has 244 valence electrons. The first-order valence-corrected chi connectivity index (χ1v) is 15.5. The first kappa shape index (κ1) is 33.4. The van der Waals surface area contributed by atoms with E-state index in [2.05, 4.69) is 10.6 Å². The number of benzene rings is 5. The Kier molecular flexibility index (Phi) is 11.5. The summed E-state index contributed by atoms with van der Waals surface area (Å²) in [5, 5.41) is 16.6. The lowest BCUT2D eigenvalue weighted by atomic mass is 9.99. The Hall–Kier alpha value is -5.93. The summed E-state index contributed by atoms with van der Waals surface area (Å²) in [6, 6.07) is 39.5. The van der Waals surface area contributed by atoms with Gasteiger partial charge in [-0.25, -0.2) is 0 Å². The molecule has 5 rings (SSSR count). The van der Waals surface area contributed by atoms with Crippen LogP contribution in [0.1, 0.15) is 38.7 Å². The summed E-state index contributed by atoms with van der Waals surface area (Å²) in [7, 11) is 0. The molecule has 0 aliphatic heterocycles. The predicted octanol–water partition coefficient (Wildman–Crippen LogP) is 4.89. The van der Waals surface area contributed by atoms with Gasteiger partial charge in [0, 0.05) is 12.0 Å². The molecule has 3 atom stereocenters. The van der Waals surface area contributed by atoms with E-state index < -0.39 is 35.9 Å². The smallest absolute Gasteiger partial charge is 0.252 e. The predicted molar refractivity (Wildman–Crippen MR) is 182 cm³/mol. The molecule has 0 fully saturated rings. The third kappa shape index (κ3) is 9.31. The Labute approximate surface area is 279 Å². The van der Waals surface area contributed by atoms with E-state index in [9.17, 15) is 19.5 Å². The number of carbonyl (C=O) groups excluding carboxylic acids is 3. The number of rotatable bonds is 15. The third-order valence-corrected chi connectivity index (χ3v) is 7.65. The number of hydrogen-bond donors (Lipinski definition) is 4. The van der Waals surface area contributed by atoms with E-state index in [1.54, 1.807) is 78.9 Å². The number of primary amides is 1. The lowest BCUT2D eigenvalue weighted by molar-refractivity contribution is -0.134. The Balaban J connectivity index is 1.32. The zero-order valence-corrected chi connectivity index (χ0v) is 26.2. The summed E-state index contributed by atoms with van der Waals surface area (Å²) < 4.78 is 12.3. The molecule has 0 unspecified atom stereocenters. The molecule has 0 aromatic heterocycles. The molecule has 0 saturated heterocycles. The van der Waals surface area contributed by atoms with Gasteiger partial charge in [-0.05, 0) is 46.5 Å². The SMILES string of the molecule is NC(=O)[C@@H](Cc1ccc(OCc2ccccc2)c(OCc2ccccc2)c1)NC(=O)[C@H](O)[C@@H](NC(=O)c1ccccc1)c1ccccc1. The lowest BCUT2D eigenvalue weighted by Crippen LogP contribution is -2.52. The average Bonchev–Trinajstić information content (AvgIpc) is 3.13. The fourth-order valence-corrected chi connectivity index (χ4v) is 5.07. The fraction of sp³-hybridized carbons (Fsp3) is 0.154. The zero-order chi connectivity index (χ0) is 33.7. The Morgan fingerprint density at radius 2 is 1.15 bits per heavy atom. The number of nitrogens with one attached hydrogen (secondary N) is 2. The van der Waals surface area contributed by atoms with Crippen LogP contribution in [0.5, 0.6) is 11.5 Å². The maximum Gasteiger partial charge on any atom is 0.252 e. The normalized spacial score (nSPS) is 12.6. The van der Waals surface area contributed by atoms with Crippen LogP contribution in [0.15, 0.2) is 140 Å². The van der Waals surface area contributed by atoms with Crippen molar-refractivity contribution in [1.29, 1.82) is 0 Å². The van der Waals surface area contributed by atoms with Crippen molar-refractivity contribution >= 4 is 17.7 Å². The topological polar surface area (TPSA) is 140 Å². The van der Waals surface area contributed by atoms with Gasteiger partial charge in [-0.15, -0.1) is 0 Å². The molecular formula is C39H37N3O6. The second-order valence-corrected chi connectivity index (χ2v) is 11.2. The van der Waals surface area contributed by atoms with E-state index >= 15 is 0 Å². The van der Waals surface area contributed by atoms with E-state index in [0.717, 1.165) is 11.1 Å². The molecule has 9 heteroatoms. The highest BCUT2D eigenvalue weighted by molar-refractivity contribution is 5.95. The van der Waals surface area contributed by atoms with Crippen LogP contribution in [0.2, 0.25) is 0 Å². The number of nitrogens with two attached hydrogens (primary N) is 1. The van der Waals surface area contributed by atoms with Gasteiger partial charge in [-0.1, -0.05) is 115 Å². The number of aliphatic hydroxyl groups is 1. The maximum atomic E-state index is 13.4. The summed E-state index contributed by atoms with van der Waals surface area (Å²) in [5.74, 6) is -1.18. The molecule has 9 nitrogen and oxygen atoms in total. The van der Waals surface area contributed by atoms with Gasteiger partial charge in [0.05, 0.1) is 6.04 Å². The second-order valence-electron chi connectivity index (χ2n) is 11.2. The van der Waals surface area contributed by atoms with Crippen molar-refractivity contribution in [3.05, 3.63) is 167 Å². The molecule has 0 saturated carbocycles. The summed E-state index contributed by atoms with van der Waals surface area (Å²) in [6.07, 6.45) is -1.72. The van der Waals surface area contributed by atoms with Crippen LogP contribution in [0.25, 0.3) is 0 Å². The van der Waals surface area contributed by atoms with Crippen LogP contribution >= 0.6 is 0 Å². The summed E-state index contributed by atoms with van der Waals surface area (Å²) in [4.78, 5) is 39.0. The highest BCUT2D eigenvalue weighted by atomic mass is 16.5. The van der Waals surface area contributed by atoms with Crippen molar-refractivity contribution in [3.8, 4) is 11.5 Å². The minimum atomic E-state index is -1.74. The van der Waals surface area contributed by atoms with Gasteiger partial charge in [-0.3, -0.25) is 14.4 Å². The van der Waals surface area contributed by atoms with Crippen molar-refractivity contribution in [2.24, 2.45) is 5.73 Å². The Morgan fingerprint density at radius 3 is 1.71 bits per heavy atom. The van der Waals surface area contributed by atoms with Crippen molar-refractivity contribution in [2.75, 3.05) is 0 Å². The van der Waals surface area contributed by atoms with E-state index in [-0.39, 0.29) is 13.0 Å². The molecular weight excluding hydrogens is 606 g/mol. The van der Waals surface area contributed by atoms with Gasteiger partial charge in [0.1, 0.15) is 19.3 Å². The summed E-state index contributed by atoms with van der Waals surface area (Å²) in [6.45, 7) is 0.604. The van der Waals surface area contributed by atoms with Crippen LogP contribution in [0.4, 0.5) is 0 Å². The molecule has 0 radical (unpaired) electrons. The van der Waals surface area contributed by atoms with Crippen LogP contribution in [0.3, 0.4) is 0 Å². The summed E-state index contributed by atoms with van der Waals surface area (Å²) >= 11 is 0. The van der Waals surface area contributed by atoms with E-state index in [4.69, 9.17) is 15.2 Å². The van der Waals surface area contributed by atoms with Crippen LogP contribution < -0.4 is 25.8 Å². The van der Waals surface area contributed by atoms with E-state index in [0.29, 0.717) is 34.8 Å². The van der Waals surface area contributed by atoms with Crippen molar-refractivity contribution in [1.82, 2.24) is 10.6 Å². The van der Waals surface area contributed by atoms with Gasteiger partial charge in [0.25, 0.3) is 11.8 Å². The van der Waals surface area contributed by atoms with E-state index in [1.165, 1.54) is 0 Å². The number of ether oxygens (including phenoxy) is 2. The number of amides is 3. The molecule has 5 aromatic rings. The van der Waals surface area contributed by atoms with Gasteiger partial charge >= 0.3 is 0 Å². The number of aliphatic hydroxyl groups excluding tert-OH is 1. The molecule has 5 aromatic carbocycles. The number of carbonyl (C=O) groups is 3. The van der Waals surface area contributed by atoms with Gasteiger partial charge in [0.2, 0.25) is 5.91 Å². The number of hydrogen-bond acceptors (Lipinski definition) is 6. The fourth-order valence-electron chi connectivity index (χ4n) is 5.07. The Morgan fingerprint density at radius 1 is 0.625 bits per heavy atom. The lowest BCUT2D eigenvalue weighted by Gasteiger charge is -2.26. The van der Waals surface area contributed by atoms with Crippen LogP contribution in [0, 0.1) is 0 Å². The van der Waals surface area contributed by atoms with Crippen LogP contribution in [-0.4, -0.2) is 35.0 Å². The third-order valence-electron chi connectivity index (χ3n) is 7.65. The standard InChI is InChI=1S/C39H37N3O6/c40-37(44)32(41-39(46)36(43)35(30-17-9-3-10-18-30)42-38(45)31-19-11-4-12-20-31)23-29-21-22-33(47-25-27-13-5-1-6-14-27)34(24-29)48-26-28-15-7-2-8-16-28/h1-22,24,32,35-36,43H,23,25-26H2,(H2,40,44)(H,41,46)(H,42,45)/t32-,35+,36-/m1/s1. The minimum absolute atomic E-state index is 0.0147. The van der Waals surface area contributed by atoms with Crippen LogP contribution in [-0.2, 0) is 29.2 Å². The van der Waals surface area contributed by atoms with Crippen molar-refractivity contribution < 1.29 is 29.0 Å². The van der Waals surface area contributed by atoms with Crippen molar-refractivity contribution in [2.45, 2.75) is 37.8 Å². The minimum Gasteiger partial charge on any atom is -0.485 e. The van der Waals surface area contributed by atoms with Gasteiger partial charge in [-0.2, -0.15) is 0 Å². The molecule has 0 heterocycles. The maximum absolute atomic E-state index is 13.4. The van der Waals surface area contributed by atoms with E-state index in [1.807, 2.05) is 60.7 Å². The highest BCUT2D eigenvalue weighted by Crippen LogP contribution is 2.31. The largest absolute Gasteiger partial charge is 0.485 e. The molecule has 0 spiro atoms. The quantitative estimate of drug-likeness (QED) is 0.128. The molecule has 0 aliphatic carbocycles. The van der Waals surface area contributed by atoms with Crippen molar-refractivity contribution in [3.63, 3.8) is 0 Å². The zero-order valence-electron chi connectivity index (χ0n) is 26.2. The first-order chi connectivity index (χ1) is 23.4. The highest BCUT2D eigenvalue weighted by Gasteiger charge is 2.32. The second kappa shape index (κ2) is 16.6. The first-order valence-electron chi connectivity index (χ1n) is 15.5. The Bertz CT molecular complexity index is 1790. The molecule has 5 N–H and O–H groups in total. The van der Waals surface area contributed by atoms with Gasteiger partial charge in [0.15, 0.2) is 17.6 Å². The molecule has 0 aliphatic rings. The molecule has 48 heavy (non-hydrogen) atoms. The molecule has 0 bridgehead atoms.